The van der Waals surface area contributed by atoms with Crippen LogP contribution in [0.4, 0.5) is 17.6 Å². The number of rotatable bonds is 13. The van der Waals surface area contributed by atoms with Gasteiger partial charge in [0.2, 0.25) is 0 Å². The van der Waals surface area contributed by atoms with Crippen LogP contribution in [-0.2, 0) is 16.0 Å². The van der Waals surface area contributed by atoms with E-state index in [1.54, 1.807) is 12.1 Å². The summed E-state index contributed by atoms with van der Waals surface area (Å²) in [4.78, 5) is 23.2. The van der Waals surface area contributed by atoms with E-state index in [2.05, 4.69) is 19.5 Å². The van der Waals surface area contributed by atoms with Crippen LogP contribution in [0, 0.1) is 0 Å². The normalized spacial score (nSPS) is 15.1. The molecule has 1 N–H and O–H groups in total. The van der Waals surface area contributed by atoms with Gasteiger partial charge in [-0.15, -0.1) is 0 Å². The first-order valence-electron chi connectivity index (χ1n) is 12.0. The molecule has 3 rings (SSSR count). The first-order valence-corrected chi connectivity index (χ1v) is 12.0. The molecular formula is C26H29F4NO6. The number of fused-ring (bicyclic) bond motifs is 1. The topological polar surface area (TPSA) is 83.1 Å². The molecule has 0 aliphatic carbocycles. The standard InChI is InChI=1S/C26H29F4NO6/c1-34-23(32)14-15-31-24(33)19-10-8-18(9-11-19)7-5-3-2-4-6-16-35-20-12-13-21-22(17-20)37-26(29,30)25(27,28)36-21/h8-13,17H,2-7,14-16H2,1H3,(H,31,33). The van der Waals surface area contributed by atoms with E-state index < -0.39 is 23.7 Å². The van der Waals surface area contributed by atoms with Crippen molar-refractivity contribution in [2.24, 2.45) is 0 Å². The van der Waals surface area contributed by atoms with Crippen molar-refractivity contribution in [3.05, 3.63) is 53.6 Å². The summed E-state index contributed by atoms with van der Waals surface area (Å²) < 4.78 is 71.2. The van der Waals surface area contributed by atoms with Crippen LogP contribution in [0.15, 0.2) is 42.5 Å². The highest BCUT2D eigenvalue weighted by Gasteiger charge is 2.65. The zero-order valence-electron chi connectivity index (χ0n) is 20.4. The molecule has 1 heterocycles. The molecule has 0 atom stereocenters. The summed E-state index contributed by atoms with van der Waals surface area (Å²) in [5, 5.41) is 2.67. The number of hydrogen-bond donors (Lipinski definition) is 1. The third-order valence-electron chi connectivity index (χ3n) is 5.67. The van der Waals surface area contributed by atoms with Crippen LogP contribution in [-0.4, -0.2) is 44.4 Å². The molecule has 0 unspecified atom stereocenters. The number of methoxy groups -OCH3 is 1. The second-order valence-corrected chi connectivity index (χ2v) is 8.49. The number of esters is 1. The monoisotopic (exact) mass is 527 g/mol. The predicted octanol–water partition coefficient (Wildman–Crippen LogP) is 5.51. The van der Waals surface area contributed by atoms with Gasteiger partial charge in [0, 0.05) is 18.2 Å². The molecule has 2 aromatic rings. The largest absolute Gasteiger partial charge is 0.507 e. The quantitative estimate of drug-likeness (QED) is 0.210. The van der Waals surface area contributed by atoms with E-state index >= 15 is 0 Å². The Balaban J connectivity index is 1.28. The molecule has 37 heavy (non-hydrogen) atoms. The molecule has 1 aliphatic heterocycles. The number of unbranched alkanes of at least 4 members (excludes halogenated alkanes) is 4. The summed E-state index contributed by atoms with van der Waals surface area (Å²) in [7, 11) is 1.30. The summed E-state index contributed by atoms with van der Waals surface area (Å²) in [6, 6.07) is 10.9. The maximum absolute atomic E-state index is 13.3. The molecule has 0 bridgehead atoms. The Morgan fingerprint density at radius 3 is 2.22 bits per heavy atom. The van der Waals surface area contributed by atoms with Crippen LogP contribution >= 0.6 is 0 Å². The molecule has 11 heteroatoms. The van der Waals surface area contributed by atoms with E-state index in [0.717, 1.165) is 56.2 Å². The van der Waals surface area contributed by atoms with Crippen molar-refractivity contribution in [2.45, 2.75) is 57.2 Å². The minimum Gasteiger partial charge on any atom is -0.493 e. The number of ether oxygens (including phenoxy) is 4. The van der Waals surface area contributed by atoms with E-state index in [4.69, 9.17) is 4.74 Å². The van der Waals surface area contributed by atoms with Crippen LogP contribution in [0.3, 0.4) is 0 Å². The number of benzene rings is 2. The van der Waals surface area contributed by atoms with E-state index in [9.17, 15) is 27.2 Å². The summed E-state index contributed by atoms with van der Waals surface area (Å²) in [6.45, 7) is 0.560. The second kappa shape index (κ2) is 12.6. The molecule has 0 aromatic heterocycles. The van der Waals surface area contributed by atoms with Gasteiger partial charge in [-0.05, 0) is 49.1 Å². The molecule has 0 fully saturated rings. The molecular weight excluding hydrogens is 498 g/mol. The molecule has 7 nitrogen and oxygen atoms in total. The van der Waals surface area contributed by atoms with Gasteiger partial charge in [-0.1, -0.05) is 31.4 Å². The van der Waals surface area contributed by atoms with Gasteiger partial charge >= 0.3 is 18.2 Å². The smallest absolute Gasteiger partial charge is 0.493 e. The highest BCUT2D eigenvalue weighted by atomic mass is 19.3. The van der Waals surface area contributed by atoms with Crippen LogP contribution in [0.5, 0.6) is 17.2 Å². The van der Waals surface area contributed by atoms with E-state index in [1.165, 1.54) is 13.2 Å². The molecule has 1 amide bonds. The first-order chi connectivity index (χ1) is 17.6. The average Bonchev–Trinajstić information content (AvgIpc) is 2.86. The number of carbonyl (C=O) groups excluding carboxylic acids is 2. The van der Waals surface area contributed by atoms with Gasteiger partial charge in [0.25, 0.3) is 5.91 Å². The van der Waals surface area contributed by atoms with Crippen molar-refractivity contribution in [1.82, 2.24) is 5.32 Å². The summed E-state index contributed by atoms with van der Waals surface area (Å²) in [5.74, 6) is -1.37. The van der Waals surface area contributed by atoms with Crippen LogP contribution in [0.1, 0.15) is 54.4 Å². The molecule has 202 valence electrons. The van der Waals surface area contributed by atoms with Crippen LogP contribution in [0.25, 0.3) is 0 Å². The lowest BCUT2D eigenvalue weighted by Gasteiger charge is -2.31. The molecule has 0 radical (unpaired) electrons. The van der Waals surface area contributed by atoms with Gasteiger partial charge in [-0.25, -0.2) is 0 Å². The Hall–Kier alpha value is -3.50. The molecule has 0 spiro atoms. The van der Waals surface area contributed by atoms with Gasteiger partial charge < -0.3 is 24.3 Å². The highest BCUT2D eigenvalue weighted by Crippen LogP contribution is 2.47. The zero-order chi connectivity index (χ0) is 26.9. The SMILES string of the molecule is COC(=O)CCNC(=O)c1ccc(CCCCCCCOc2ccc3c(c2)OC(F)(F)C(F)(F)O3)cc1. The van der Waals surface area contributed by atoms with Gasteiger partial charge in [-0.2, -0.15) is 17.6 Å². The van der Waals surface area contributed by atoms with Crippen molar-refractivity contribution < 1.29 is 46.1 Å². The number of amides is 1. The molecule has 1 aliphatic rings. The lowest BCUT2D eigenvalue weighted by Crippen LogP contribution is -2.52. The second-order valence-electron chi connectivity index (χ2n) is 8.49. The fraction of sp³-hybridized carbons (Fsp3) is 0.462. The number of hydrogen-bond acceptors (Lipinski definition) is 6. The zero-order valence-corrected chi connectivity index (χ0v) is 20.4. The summed E-state index contributed by atoms with van der Waals surface area (Å²) in [6.07, 6.45) is -3.90. The molecule has 0 saturated carbocycles. The van der Waals surface area contributed by atoms with E-state index in [0.29, 0.717) is 12.2 Å². The van der Waals surface area contributed by atoms with Crippen molar-refractivity contribution in [3.63, 3.8) is 0 Å². The van der Waals surface area contributed by atoms with E-state index in [-0.39, 0.29) is 30.6 Å². The van der Waals surface area contributed by atoms with Crippen LogP contribution in [0.2, 0.25) is 0 Å². The van der Waals surface area contributed by atoms with E-state index in [1.807, 2.05) is 12.1 Å². The summed E-state index contributed by atoms with van der Waals surface area (Å²) >= 11 is 0. The minimum atomic E-state index is -4.76. The van der Waals surface area contributed by atoms with Crippen molar-refractivity contribution in [1.29, 1.82) is 0 Å². The Morgan fingerprint density at radius 1 is 0.865 bits per heavy atom. The van der Waals surface area contributed by atoms with Gasteiger partial charge in [0.1, 0.15) is 5.75 Å². The minimum absolute atomic E-state index is 0.121. The first kappa shape index (κ1) is 28.1. The lowest BCUT2D eigenvalue weighted by atomic mass is 10.0. The number of aryl methyl sites for hydroxylation is 1. The number of nitrogens with one attached hydrogen (secondary N) is 1. The third kappa shape index (κ3) is 7.99. The lowest BCUT2D eigenvalue weighted by molar-refractivity contribution is -0.391. The van der Waals surface area contributed by atoms with Gasteiger partial charge in [-0.3, -0.25) is 9.59 Å². The van der Waals surface area contributed by atoms with Gasteiger partial charge in [0.15, 0.2) is 11.5 Å². The Bertz CT molecular complexity index is 1060. The predicted molar refractivity (Wildman–Crippen MR) is 125 cm³/mol. The molecule has 0 saturated heterocycles. The fourth-order valence-electron chi connectivity index (χ4n) is 3.59. The average molecular weight is 528 g/mol. The highest BCUT2D eigenvalue weighted by molar-refractivity contribution is 5.94. The van der Waals surface area contributed by atoms with Gasteiger partial charge in [0.05, 0.1) is 20.1 Å². The Labute approximate surface area is 212 Å². The number of alkyl halides is 4. The maximum Gasteiger partial charge on any atom is 0.507 e. The fourth-order valence-corrected chi connectivity index (χ4v) is 3.59. The number of halogens is 4. The number of carbonyl (C=O) groups is 2. The maximum atomic E-state index is 13.3. The Morgan fingerprint density at radius 2 is 1.51 bits per heavy atom. The van der Waals surface area contributed by atoms with Crippen molar-refractivity contribution >= 4 is 11.9 Å². The van der Waals surface area contributed by atoms with Crippen LogP contribution < -0.4 is 19.5 Å². The Kier molecular flexibility index (Phi) is 9.60. The van der Waals surface area contributed by atoms with Crippen molar-refractivity contribution in [3.8, 4) is 17.2 Å². The summed E-state index contributed by atoms with van der Waals surface area (Å²) in [5.41, 5.74) is 1.65. The molecule has 2 aromatic carbocycles. The third-order valence-corrected chi connectivity index (χ3v) is 5.67. The van der Waals surface area contributed by atoms with Crippen molar-refractivity contribution in [2.75, 3.05) is 20.3 Å².